The van der Waals surface area contributed by atoms with Gasteiger partial charge in [-0.05, 0) is 44.9 Å². The summed E-state index contributed by atoms with van der Waals surface area (Å²) in [7, 11) is 0. The Morgan fingerprint density at radius 1 is 1.25 bits per heavy atom. The molecule has 128 valence electrons. The Morgan fingerprint density at radius 3 is 3.04 bits per heavy atom. The molecule has 4 heteroatoms. The molecule has 0 amide bonds. The predicted octanol–water partition coefficient (Wildman–Crippen LogP) is 3.52. The summed E-state index contributed by atoms with van der Waals surface area (Å²) in [5.74, 6) is 0. The molecular weight excluding hydrogens is 298 g/mol. The summed E-state index contributed by atoms with van der Waals surface area (Å²) in [6.07, 6.45) is 4.26. The second-order valence-corrected chi connectivity index (χ2v) is 7.20. The summed E-state index contributed by atoms with van der Waals surface area (Å²) >= 11 is 0. The summed E-state index contributed by atoms with van der Waals surface area (Å²) in [6, 6.07) is 9.02. The fourth-order valence-corrected chi connectivity index (χ4v) is 4.05. The van der Waals surface area contributed by atoms with E-state index in [4.69, 9.17) is 9.72 Å². The van der Waals surface area contributed by atoms with E-state index < -0.39 is 0 Å². The van der Waals surface area contributed by atoms with E-state index in [1.807, 2.05) is 0 Å². The van der Waals surface area contributed by atoms with Gasteiger partial charge in [0.25, 0.3) is 0 Å². The molecular formula is C20H27N3O. The maximum atomic E-state index is 6.13. The molecule has 1 aromatic carbocycles. The number of para-hydroxylation sites is 1. The first kappa shape index (κ1) is 15.9. The number of rotatable bonds is 3. The van der Waals surface area contributed by atoms with Crippen molar-refractivity contribution in [2.45, 2.75) is 45.3 Å². The van der Waals surface area contributed by atoms with Gasteiger partial charge in [-0.25, -0.2) is 0 Å². The van der Waals surface area contributed by atoms with Crippen LogP contribution in [0.25, 0.3) is 10.9 Å². The van der Waals surface area contributed by atoms with Crippen LogP contribution in [0.1, 0.15) is 30.5 Å². The SMILES string of the molecule is Cc1nc2ccccc2c(NCC2CN3CCCCC3CO2)c1C. The van der Waals surface area contributed by atoms with Gasteiger partial charge in [0.1, 0.15) is 0 Å². The van der Waals surface area contributed by atoms with Crippen LogP contribution >= 0.6 is 0 Å². The third-order valence-electron chi connectivity index (χ3n) is 5.60. The molecule has 3 heterocycles. The van der Waals surface area contributed by atoms with Crippen LogP contribution in [0.3, 0.4) is 0 Å². The number of fused-ring (bicyclic) bond motifs is 2. The van der Waals surface area contributed by atoms with Gasteiger partial charge in [0.15, 0.2) is 0 Å². The lowest BCUT2D eigenvalue weighted by Gasteiger charge is -2.42. The number of hydrogen-bond donors (Lipinski definition) is 1. The number of anilines is 1. The summed E-state index contributed by atoms with van der Waals surface area (Å²) in [5.41, 5.74) is 4.60. The third kappa shape index (κ3) is 3.01. The number of piperidine rings is 1. The molecule has 0 saturated carbocycles. The van der Waals surface area contributed by atoms with Crippen LogP contribution in [0.4, 0.5) is 5.69 Å². The van der Waals surface area contributed by atoms with E-state index >= 15 is 0 Å². The molecule has 1 N–H and O–H groups in total. The third-order valence-corrected chi connectivity index (χ3v) is 5.60. The molecule has 0 spiro atoms. The van der Waals surface area contributed by atoms with Gasteiger partial charge >= 0.3 is 0 Å². The molecule has 2 aliphatic heterocycles. The van der Waals surface area contributed by atoms with E-state index in [0.717, 1.165) is 30.9 Å². The minimum Gasteiger partial charge on any atom is -0.382 e. The van der Waals surface area contributed by atoms with Crippen molar-refractivity contribution in [1.29, 1.82) is 0 Å². The van der Waals surface area contributed by atoms with Gasteiger partial charge in [-0.2, -0.15) is 0 Å². The van der Waals surface area contributed by atoms with Crippen molar-refractivity contribution in [2.75, 3.05) is 31.6 Å². The first-order valence-electron chi connectivity index (χ1n) is 9.18. The molecule has 2 aliphatic rings. The lowest BCUT2D eigenvalue weighted by Crippen LogP contribution is -2.53. The molecule has 0 radical (unpaired) electrons. The zero-order valence-corrected chi connectivity index (χ0v) is 14.7. The van der Waals surface area contributed by atoms with Crippen molar-refractivity contribution in [3.63, 3.8) is 0 Å². The molecule has 2 saturated heterocycles. The van der Waals surface area contributed by atoms with E-state index in [1.54, 1.807) is 0 Å². The van der Waals surface area contributed by atoms with Gasteiger partial charge in [-0.1, -0.05) is 24.6 Å². The fraction of sp³-hybridized carbons (Fsp3) is 0.550. The van der Waals surface area contributed by atoms with Gasteiger partial charge in [-0.15, -0.1) is 0 Å². The van der Waals surface area contributed by atoms with Crippen LogP contribution in [-0.2, 0) is 4.74 Å². The monoisotopic (exact) mass is 325 g/mol. The lowest BCUT2D eigenvalue weighted by atomic mass is 10.0. The minimum atomic E-state index is 0.269. The van der Waals surface area contributed by atoms with Gasteiger partial charge in [-0.3, -0.25) is 9.88 Å². The van der Waals surface area contributed by atoms with Gasteiger partial charge in [0, 0.05) is 35.9 Å². The number of nitrogens with zero attached hydrogens (tertiary/aromatic N) is 2. The van der Waals surface area contributed by atoms with Crippen LogP contribution in [0.2, 0.25) is 0 Å². The molecule has 4 nitrogen and oxygen atoms in total. The second kappa shape index (κ2) is 6.69. The zero-order chi connectivity index (χ0) is 16.5. The normalized spacial score (nSPS) is 24.8. The highest BCUT2D eigenvalue weighted by Gasteiger charge is 2.30. The Labute approximate surface area is 144 Å². The summed E-state index contributed by atoms with van der Waals surface area (Å²) in [5, 5.41) is 4.87. The molecule has 0 aliphatic carbocycles. The van der Waals surface area contributed by atoms with Crippen LogP contribution in [0.15, 0.2) is 24.3 Å². The Morgan fingerprint density at radius 2 is 2.12 bits per heavy atom. The van der Waals surface area contributed by atoms with E-state index in [2.05, 4.69) is 48.3 Å². The Balaban J connectivity index is 1.50. The largest absolute Gasteiger partial charge is 0.382 e. The highest BCUT2D eigenvalue weighted by Crippen LogP contribution is 2.28. The zero-order valence-electron chi connectivity index (χ0n) is 14.7. The molecule has 2 fully saturated rings. The topological polar surface area (TPSA) is 37.4 Å². The van der Waals surface area contributed by atoms with Crippen LogP contribution in [-0.4, -0.2) is 48.3 Å². The molecule has 2 unspecified atom stereocenters. The van der Waals surface area contributed by atoms with Crippen molar-refractivity contribution < 1.29 is 4.74 Å². The summed E-state index contributed by atoms with van der Waals surface area (Å²) in [6.45, 7) is 8.28. The summed E-state index contributed by atoms with van der Waals surface area (Å²) in [4.78, 5) is 7.33. The molecule has 2 aromatic rings. The maximum Gasteiger partial charge on any atom is 0.0874 e. The molecule has 1 aromatic heterocycles. The Hall–Kier alpha value is -1.65. The minimum absolute atomic E-state index is 0.269. The molecule has 2 atom stereocenters. The number of ether oxygens (including phenoxy) is 1. The highest BCUT2D eigenvalue weighted by atomic mass is 16.5. The number of hydrogen-bond acceptors (Lipinski definition) is 4. The first-order chi connectivity index (χ1) is 11.7. The van der Waals surface area contributed by atoms with Crippen LogP contribution in [0.5, 0.6) is 0 Å². The van der Waals surface area contributed by atoms with Gasteiger partial charge < -0.3 is 10.1 Å². The standard InChI is InChI=1S/C20H27N3O/c1-14-15(2)22-19-9-4-3-8-18(19)20(14)21-11-17-12-23-10-6-5-7-16(23)13-24-17/h3-4,8-9,16-17H,5-7,10-13H2,1-2H3,(H,21,22). The lowest BCUT2D eigenvalue weighted by molar-refractivity contribution is -0.0688. The number of aryl methyl sites for hydroxylation is 1. The number of morpholine rings is 1. The van der Waals surface area contributed by atoms with Gasteiger partial charge in [0.05, 0.1) is 18.2 Å². The Bertz CT molecular complexity index is 730. The quantitative estimate of drug-likeness (QED) is 0.937. The van der Waals surface area contributed by atoms with Crippen molar-refractivity contribution >= 4 is 16.6 Å². The fourth-order valence-electron chi connectivity index (χ4n) is 4.05. The van der Waals surface area contributed by atoms with E-state index in [0.29, 0.717) is 6.04 Å². The number of benzene rings is 1. The van der Waals surface area contributed by atoms with Crippen LogP contribution < -0.4 is 5.32 Å². The molecule has 24 heavy (non-hydrogen) atoms. The van der Waals surface area contributed by atoms with Crippen molar-refractivity contribution in [1.82, 2.24) is 9.88 Å². The molecule has 4 rings (SSSR count). The van der Waals surface area contributed by atoms with Crippen molar-refractivity contribution in [3.05, 3.63) is 35.5 Å². The average molecular weight is 325 g/mol. The van der Waals surface area contributed by atoms with Crippen molar-refractivity contribution in [2.24, 2.45) is 0 Å². The number of pyridine rings is 1. The predicted molar refractivity (Wildman–Crippen MR) is 98.7 cm³/mol. The van der Waals surface area contributed by atoms with Gasteiger partial charge in [0.2, 0.25) is 0 Å². The Kier molecular flexibility index (Phi) is 4.42. The van der Waals surface area contributed by atoms with E-state index in [-0.39, 0.29) is 6.10 Å². The molecule has 0 bridgehead atoms. The van der Waals surface area contributed by atoms with E-state index in [1.165, 1.54) is 42.4 Å². The number of aromatic nitrogens is 1. The first-order valence-corrected chi connectivity index (χ1v) is 9.18. The smallest absolute Gasteiger partial charge is 0.0874 e. The summed E-state index contributed by atoms with van der Waals surface area (Å²) < 4.78 is 6.13. The number of nitrogens with one attached hydrogen (secondary N) is 1. The van der Waals surface area contributed by atoms with E-state index in [9.17, 15) is 0 Å². The maximum absolute atomic E-state index is 6.13. The second-order valence-electron chi connectivity index (χ2n) is 7.20. The highest BCUT2D eigenvalue weighted by molar-refractivity contribution is 5.93. The van der Waals surface area contributed by atoms with Crippen LogP contribution in [0, 0.1) is 13.8 Å². The van der Waals surface area contributed by atoms with Crippen molar-refractivity contribution in [3.8, 4) is 0 Å². The average Bonchev–Trinajstić information content (AvgIpc) is 2.62.